The lowest BCUT2D eigenvalue weighted by atomic mass is 10.1. The third-order valence-corrected chi connectivity index (χ3v) is 2.92. The molecule has 0 aliphatic heterocycles. The molecule has 0 fully saturated rings. The zero-order valence-corrected chi connectivity index (χ0v) is 11.0. The molecule has 0 saturated carbocycles. The Labute approximate surface area is 121 Å². The second-order valence-electron chi connectivity index (χ2n) is 4.48. The maximum atomic E-state index is 12.6. The largest absolute Gasteiger partial charge is 0.508 e. The molecule has 1 aromatic carbocycles. The summed E-state index contributed by atoms with van der Waals surface area (Å²) in [5.74, 6) is -1.56. The van der Waals surface area contributed by atoms with Gasteiger partial charge in [0, 0.05) is 12.3 Å². The lowest BCUT2D eigenvalue weighted by Crippen LogP contribution is -2.30. The third-order valence-electron chi connectivity index (χ3n) is 2.92. The third kappa shape index (κ3) is 3.11. The minimum atomic E-state index is -4.82. The molecule has 0 spiro atoms. The summed E-state index contributed by atoms with van der Waals surface area (Å²) in [6.45, 7) is -0.666. The van der Waals surface area contributed by atoms with E-state index in [-0.39, 0.29) is 11.3 Å². The van der Waals surface area contributed by atoms with E-state index in [1.165, 1.54) is 0 Å². The second kappa shape index (κ2) is 5.55. The number of ketones is 1. The molecule has 1 heterocycles. The van der Waals surface area contributed by atoms with E-state index in [0.29, 0.717) is 10.6 Å². The average molecular weight is 313 g/mol. The van der Waals surface area contributed by atoms with E-state index in [1.807, 2.05) is 0 Å². The van der Waals surface area contributed by atoms with Crippen LogP contribution in [-0.2, 0) is 12.7 Å². The molecule has 8 heteroatoms. The fraction of sp³-hybridized carbons (Fsp3) is 0.143. The molecule has 2 N–H and O–H groups in total. The molecular weight excluding hydrogens is 303 g/mol. The van der Waals surface area contributed by atoms with E-state index >= 15 is 0 Å². The van der Waals surface area contributed by atoms with Gasteiger partial charge in [-0.15, -0.1) is 0 Å². The number of aromatic hydroxyl groups is 2. The number of rotatable bonds is 3. The Balaban J connectivity index is 2.35. The van der Waals surface area contributed by atoms with Crippen molar-refractivity contribution in [3.8, 4) is 11.5 Å². The number of benzene rings is 1. The van der Waals surface area contributed by atoms with Crippen molar-refractivity contribution in [2.75, 3.05) is 0 Å². The van der Waals surface area contributed by atoms with E-state index in [4.69, 9.17) is 5.11 Å². The quantitative estimate of drug-likeness (QED) is 0.851. The monoisotopic (exact) mass is 313 g/mol. The standard InChI is InChI=1S/C14H10F3NO4/c15-14(16,17)10-2-1-5-18(13(10)22)7-12(21)9-4-3-8(19)6-11(9)20/h1-6,19-20H,7H2. The molecule has 0 atom stereocenters. The highest BCUT2D eigenvalue weighted by atomic mass is 19.4. The van der Waals surface area contributed by atoms with Gasteiger partial charge < -0.3 is 14.8 Å². The Morgan fingerprint density at radius 2 is 1.86 bits per heavy atom. The van der Waals surface area contributed by atoms with Crippen LogP contribution in [-0.4, -0.2) is 20.6 Å². The average Bonchev–Trinajstić information content (AvgIpc) is 2.39. The number of phenols is 2. The minimum absolute atomic E-state index is 0.206. The van der Waals surface area contributed by atoms with E-state index in [2.05, 4.69) is 0 Å². The van der Waals surface area contributed by atoms with Crippen LogP contribution in [0.1, 0.15) is 15.9 Å². The van der Waals surface area contributed by atoms with Crippen LogP contribution in [0.5, 0.6) is 11.5 Å². The van der Waals surface area contributed by atoms with Crippen LogP contribution in [0.15, 0.2) is 41.3 Å². The Morgan fingerprint density at radius 1 is 1.18 bits per heavy atom. The predicted molar refractivity (Wildman–Crippen MR) is 69.8 cm³/mol. The summed E-state index contributed by atoms with van der Waals surface area (Å²) in [5, 5.41) is 18.7. The van der Waals surface area contributed by atoms with E-state index in [1.54, 1.807) is 0 Å². The van der Waals surface area contributed by atoms with Crippen LogP contribution in [0.3, 0.4) is 0 Å². The van der Waals surface area contributed by atoms with E-state index in [0.717, 1.165) is 30.5 Å². The number of carbonyl (C=O) groups is 1. The molecule has 0 amide bonds. The first-order chi connectivity index (χ1) is 10.2. The van der Waals surface area contributed by atoms with Gasteiger partial charge in [0.05, 0.1) is 12.1 Å². The number of Topliss-reactive ketones (excluding diaryl/α,β-unsaturated/α-hetero) is 1. The molecule has 0 saturated heterocycles. The lowest BCUT2D eigenvalue weighted by Gasteiger charge is -2.10. The molecule has 5 nitrogen and oxygen atoms in total. The van der Waals surface area contributed by atoms with E-state index < -0.39 is 35.4 Å². The molecule has 0 aliphatic carbocycles. The first kappa shape index (κ1) is 15.6. The van der Waals surface area contributed by atoms with Gasteiger partial charge in [-0.25, -0.2) is 0 Å². The molecular formula is C14H10F3NO4. The van der Waals surface area contributed by atoms with Crippen LogP contribution >= 0.6 is 0 Å². The van der Waals surface area contributed by atoms with Gasteiger partial charge in [-0.2, -0.15) is 13.2 Å². The normalized spacial score (nSPS) is 11.4. The van der Waals surface area contributed by atoms with Gasteiger partial charge in [0.25, 0.3) is 5.56 Å². The Hall–Kier alpha value is -2.77. The van der Waals surface area contributed by atoms with Crippen LogP contribution in [0.25, 0.3) is 0 Å². The number of hydrogen-bond donors (Lipinski definition) is 2. The maximum absolute atomic E-state index is 12.6. The zero-order chi connectivity index (χ0) is 16.5. The van der Waals surface area contributed by atoms with Crippen molar-refractivity contribution in [1.29, 1.82) is 0 Å². The number of nitrogens with zero attached hydrogens (tertiary/aromatic N) is 1. The first-order valence-electron chi connectivity index (χ1n) is 6.02. The molecule has 2 rings (SSSR count). The number of phenolic OH excluding ortho intramolecular Hbond substituents is 2. The van der Waals surface area contributed by atoms with E-state index in [9.17, 15) is 27.9 Å². The summed E-state index contributed by atoms with van der Waals surface area (Å²) in [4.78, 5) is 23.7. The number of aromatic nitrogens is 1. The van der Waals surface area contributed by atoms with Gasteiger partial charge in [0.15, 0.2) is 5.78 Å². The highest BCUT2D eigenvalue weighted by Crippen LogP contribution is 2.26. The van der Waals surface area contributed by atoms with Gasteiger partial charge in [-0.3, -0.25) is 9.59 Å². The molecule has 0 aliphatic rings. The van der Waals surface area contributed by atoms with Gasteiger partial charge in [-0.05, 0) is 24.3 Å². The molecule has 2 aromatic rings. The zero-order valence-electron chi connectivity index (χ0n) is 11.0. The van der Waals surface area contributed by atoms with Crippen molar-refractivity contribution in [2.45, 2.75) is 12.7 Å². The van der Waals surface area contributed by atoms with Gasteiger partial charge >= 0.3 is 6.18 Å². The lowest BCUT2D eigenvalue weighted by molar-refractivity contribution is -0.138. The second-order valence-corrected chi connectivity index (χ2v) is 4.48. The fourth-order valence-electron chi connectivity index (χ4n) is 1.87. The summed E-state index contributed by atoms with van der Waals surface area (Å²) in [7, 11) is 0. The Bertz CT molecular complexity index is 780. The molecule has 22 heavy (non-hydrogen) atoms. The molecule has 0 radical (unpaired) electrons. The van der Waals surface area contributed by atoms with Gasteiger partial charge in [-0.1, -0.05) is 0 Å². The number of halogens is 3. The molecule has 1 aromatic heterocycles. The smallest absolute Gasteiger partial charge is 0.421 e. The van der Waals surface area contributed by atoms with Crippen molar-refractivity contribution in [1.82, 2.24) is 4.57 Å². The fourth-order valence-corrected chi connectivity index (χ4v) is 1.87. The SMILES string of the molecule is O=C(Cn1cccc(C(F)(F)F)c1=O)c1ccc(O)cc1O. The molecule has 0 bridgehead atoms. The van der Waals surface area contributed by atoms with Crippen LogP contribution < -0.4 is 5.56 Å². The predicted octanol–water partition coefficient (Wildman–Crippen LogP) is 2.16. The van der Waals surface area contributed by atoms with Crippen molar-refractivity contribution in [3.05, 3.63) is 58.0 Å². The number of carbonyl (C=O) groups excluding carboxylic acids is 1. The minimum Gasteiger partial charge on any atom is -0.508 e. The van der Waals surface area contributed by atoms with Crippen LogP contribution in [0, 0.1) is 0 Å². The first-order valence-corrected chi connectivity index (χ1v) is 6.02. The number of alkyl halides is 3. The summed E-state index contributed by atoms with van der Waals surface area (Å²) in [5.41, 5.74) is -2.93. The van der Waals surface area contributed by atoms with Gasteiger partial charge in [0.1, 0.15) is 17.1 Å². The maximum Gasteiger partial charge on any atom is 0.421 e. The Kier molecular flexibility index (Phi) is 3.94. The van der Waals surface area contributed by atoms with Crippen molar-refractivity contribution < 1.29 is 28.2 Å². The molecule has 116 valence electrons. The highest BCUT2D eigenvalue weighted by molar-refractivity contribution is 5.98. The topological polar surface area (TPSA) is 79.5 Å². The molecule has 0 unspecified atom stereocenters. The van der Waals surface area contributed by atoms with Crippen LogP contribution in [0.2, 0.25) is 0 Å². The summed E-state index contributed by atoms with van der Waals surface area (Å²) in [6.07, 6.45) is -3.77. The summed E-state index contributed by atoms with van der Waals surface area (Å²) < 4.78 is 38.5. The van der Waals surface area contributed by atoms with Gasteiger partial charge in [0.2, 0.25) is 0 Å². The van der Waals surface area contributed by atoms with Crippen molar-refractivity contribution in [3.63, 3.8) is 0 Å². The highest BCUT2D eigenvalue weighted by Gasteiger charge is 2.34. The summed E-state index contributed by atoms with van der Waals surface area (Å²) in [6, 6.07) is 4.81. The number of pyridine rings is 1. The summed E-state index contributed by atoms with van der Waals surface area (Å²) >= 11 is 0. The van der Waals surface area contributed by atoms with Crippen molar-refractivity contribution in [2.24, 2.45) is 0 Å². The Morgan fingerprint density at radius 3 is 2.45 bits per heavy atom. The van der Waals surface area contributed by atoms with Crippen molar-refractivity contribution >= 4 is 5.78 Å². The van der Waals surface area contributed by atoms with Crippen LogP contribution in [0.4, 0.5) is 13.2 Å². The number of hydrogen-bond acceptors (Lipinski definition) is 4.